The lowest BCUT2D eigenvalue weighted by Gasteiger charge is -2.32. The number of benzene rings is 10. The van der Waals surface area contributed by atoms with E-state index in [9.17, 15) is 0 Å². The van der Waals surface area contributed by atoms with Gasteiger partial charge in [-0.1, -0.05) is 140 Å². The van der Waals surface area contributed by atoms with Gasteiger partial charge in [-0.15, -0.1) is 0 Å². The number of aryl methyl sites for hydroxylation is 2. The Morgan fingerprint density at radius 2 is 0.817 bits per heavy atom. The van der Waals surface area contributed by atoms with Crippen LogP contribution in [0.1, 0.15) is 24.0 Å². The molecule has 0 aliphatic carbocycles. The van der Waals surface area contributed by atoms with Crippen molar-refractivity contribution in [3.8, 4) is 33.4 Å². The summed E-state index contributed by atoms with van der Waals surface area (Å²) in [5, 5.41) is 10.1. The maximum Gasteiger partial charge on any atom is 0.0443 e. The Morgan fingerprint density at radius 3 is 1.45 bits per heavy atom. The van der Waals surface area contributed by atoms with E-state index in [1.807, 2.05) is 0 Å². The first kappa shape index (κ1) is 34.8. The van der Waals surface area contributed by atoms with Gasteiger partial charge in [0.25, 0.3) is 0 Å². The maximum absolute atomic E-state index is 2.55. The first-order valence-corrected chi connectivity index (χ1v) is 21.6. The third-order valence-corrected chi connectivity index (χ3v) is 13.2. The SMILES string of the molecule is c1ccc(-c2cc3ccccc3cc2-c2c3ccc(N4CCCc5ccccc54)cc3c(-c3ccc4ccccc4c3)c3ccc(N4CCCc5ccccc54)cc23)cc1. The average molecular weight is 769 g/mol. The normalized spacial score (nSPS) is 13.9. The van der Waals surface area contributed by atoms with Crippen molar-refractivity contribution in [2.75, 3.05) is 22.9 Å². The van der Waals surface area contributed by atoms with Crippen molar-refractivity contribution < 1.29 is 0 Å². The van der Waals surface area contributed by atoms with E-state index in [1.54, 1.807) is 0 Å². The summed E-state index contributed by atoms with van der Waals surface area (Å²) >= 11 is 0. The van der Waals surface area contributed by atoms with Crippen molar-refractivity contribution in [3.63, 3.8) is 0 Å². The molecule has 2 aliphatic heterocycles. The summed E-state index contributed by atoms with van der Waals surface area (Å²) in [6.45, 7) is 1.99. The fourth-order valence-corrected chi connectivity index (χ4v) is 10.4. The van der Waals surface area contributed by atoms with Gasteiger partial charge >= 0.3 is 0 Å². The summed E-state index contributed by atoms with van der Waals surface area (Å²) in [7, 11) is 0. The molecular formula is C58H44N2. The number of hydrogen-bond acceptors (Lipinski definition) is 2. The number of hydrogen-bond donors (Lipinski definition) is 0. The second-order valence-electron chi connectivity index (χ2n) is 16.7. The predicted octanol–water partition coefficient (Wildman–Crippen LogP) is 15.5. The summed E-state index contributed by atoms with van der Waals surface area (Å²) in [5.41, 5.74) is 15.5. The Morgan fingerprint density at radius 1 is 0.317 bits per heavy atom. The Labute approximate surface area is 351 Å². The molecule has 0 atom stereocenters. The van der Waals surface area contributed by atoms with Gasteiger partial charge in [-0.3, -0.25) is 0 Å². The minimum atomic E-state index is 0.995. The van der Waals surface area contributed by atoms with Crippen LogP contribution in [0.5, 0.6) is 0 Å². The second kappa shape index (κ2) is 14.3. The summed E-state index contributed by atoms with van der Waals surface area (Å²) in [6.07, 6.45) is 4.50. The van der Waals surface area contributed by atoms with E-state index < -0.39 is 0 Å². The van der Waals surface area contributed by atoms with E-state index >= 15 is 0 Å². The first-order valence-electron chi connectivity index (χ1n) is 21.6. The molecule has 0 saturated carbocycles. The van der Waals surface area contributed by atoms with Gasteiger partial charge in [0, 0.05) is 35.8 Å². The van der Waals surface area contributed by atoms with Gasteiger partial charge in [0.15, 0.2) is 0 Å². The van der Waals surface area contributed by atoms with E-state index in [4.69, 9.17) is 0 Å². The zero-order valence-corrected chi connectivity index (χ0v) is 33.6. The third kappa shape index (κ3) is 5.78. The van der Waals surface area contributed by atoms with Gasteiger partial charge < -0.3 is 9.80 Å². The average Bonchev–Trinajstić information content (AvgIpc) is 3.32. The fourth-order valence-electron chi connectivity index (χ4n) is 10.4. The van der Waals surface area contributed by atoms with Crippen molar-refractivity contribution in [2.45, 2.75) is 25.7 Å². The zero-order valence-electron chi connectivity index (χ0n) is 33.6. The highest BCUT2D eigenvalue weighted by molar-refractivity contribution is 6.24. The molecule has 0 bridgehead atoms. The minimum Gasteiger partial charge on any atom is -0.341 e. The molecule has 10 aromatic carbocycles. The Hall–Kier alpha value is -7.16. The third-order valence-electron chi connectivity index (χ3n) is 13.2. The first-order chi connectivity index (χ1) is 29.7. The fraction of sp³-hybridized carbons (Fsp3) is 0.103. The summed E-state index contributed by atoms with van der Waals surface area (Å²) < 4.78 is 0. The van der Waals surface area contributed by atoms with Crippen molar-refractivity contribution in [3.05, 3.63) is 205 Å². The lowest BCUT2D eigenvalue weighted by molar-refractivity contribution is 0.767. The molecule has 0 unspecified atom stereocenters. The molecule has 10 aromatic rings. The van der Waals surface area contributed by atoms with Crippen LogP contribution in [0.2, 0.25) is 0 Å². The molecule has 2 heteroatoms. The lowest BCUT2D eigenvalue weighted by Crippen LogP contribution is -2.24. The molecule has 286 valence electrons. The molecule has 12 rings (SSSR count). The molecule has 0 fully saturated rings. The van der Waals surface area contributed by atoms with Crippen LogP contribution in [0, 0.1) is 0 Å². The smallest absolute Gasteiger partial charge is 0.0443 e. The lowest BCUT2D eigenvalue weighted by atomic mass is 9.82. The summed E-state index contributed by atoms with van der Waals surface area (Å²) in [5.74, 6) is 0. The highest BCUT2D eigenvalue weighted by atomic mass is 15.1. The zero-order chi connectivity index (χ0) is 39.6. The molecule has 0 spiro atoms. The van der Waals surface area contributed by atoms with E-state index in [1.165, 1.54) is 110 Å². The van der Waals surface area contributed by atoms with Crippen LogP contribution in [-0.2, 0) is 12.8 Å². The number of nitrogens with zero attached hydrogens (tertiary/aromatic N) is 2. The molecule has 0 N–H and O–H groups in total. The molecule has 0 saturated heterocycles. The van der Waals surface area contributed by atoms with Crippen LogP contribution in [0.15, 0.2) is 194 Å². The van der Waals surface area contributed by atoms with E-state index in [0.29, 0.717) is 0 Å². The van der Waals surface area contributed by atoms with E-state index in [-0.39, 0.29) is 0 Å². The summed E-state index contributed by atoms with van der Waals surface area (Å²) in [6, 6.07) is 73.1. The van der Waals surface area contributed by atoms with Crippen LogP contribution in [0.3, 0.4) is 0 Å². The molecule has 60 heavy (non-hydrogen) atoms. The molecule has 2 nitrogen and oxygen atoms in total. The van der Waals surface area contributed by atoms with Crippen molar-refractivity contribution in [1.29, 1.82) is 0 Å². The largest absolute Gasteiger partial charge is 0.341 e. The molecule has 0 aromatic heterocycles. The van der Waals surface area contributed by atoms with Crippen LogP contribution in [-0.4, -0.2) is 13.1 Å². The predicted molar refractivity (Wildman–Crippen MR) is 256 cm³/mol. The van der Waals surface area contributed by atoms with Gasteiger partial charge in [-0.2, -0.15) is 0 Å². The van der Waals surface area contributed by atoms with E-state index in [0.717, 1.165) is 38.8 Å². The van der Waals surface area contributed by atoms with Crippen LogP contribution < -0.4 is 9.80 Å². The highest BCUT2D eigenvalue weighted by Gasteiger charge is 2.25. The molecular weight excluding hydrogens is 725 g/mol. The number of para-hydroxylation sites is 2. The van der Waals surface area contributed by atoms with Gasteiger partial charge in [-0.05, 0) is 168 Å². The van der Waals surface area contributed by atoms with Crippen LogP contribution in [0.25, 0.3) is 76.5 Å². The molecule has 0 radical (unpaired) electrons. The quantitative estimate of drug-likeness (QED) is 0.161. The van der Waals surface area contributed by atoms with Gasteiger partial charge in [0.05, 0.1) is 0 Å². The summed E-state index contributed by atoms with van der Waals surface area (Å²) in [4.78, 5) is 5.10. The van der Waals surface area contributed by atoms with Crippen LogP contribution >= 0.6 is 0 Å². The Balaban J connectivity index is 1.22. The Kier molecular flexibility index (Phi) is 8.30. The second-order valence-corrected chi connectivity index (χ2v) is 16.7. The van der Waals surface area contributed by atoms with Crippen molar-refractivity contribution in [1.82, 2.24) is 0 Å². The molecule has 0 amide bonds. The monoisotopic (exact) mass is 768 g/mol. The van der Waals surface area contributed by atoms with Gasteiger partial charge in [0.1, 0.15) is 0 Å². The van der Waals surface area contributed by atoms with E-state index in [2.05, 4.69) is 204 Å². The van der Waals surface area contributed by atoms with Crippen LogP contribution in [0.4, 0.5) is 22.7 Å². The maximum atomic E-state index is 2.55. The highest BCUT2D eigenvalue weighted by Crippen LogP contribution is 2.50. The number of rotatable bonds is 5. The van der Waals surface area contributed by atoms with Crippen molar-refractivity contribution in [2.24, 2.45) is 0 Å². The number of fused-ring (bicyclic) bond motifs is 6. The minimum absolute atomic E-state index is 0.995. The molecule has 2 aliphatic rings. The van der Waals surface area contributed by atoms with Crippen molar-refractivity contribution >= 4 is 65.8 Å². The topological polar surface area (TPSA) is 6.48 Å². The molecule has 2 heterocycles. The Bertz CT molecular complexity index is 3290. The van der Waals surface area contributed by atoms with Gasteiger partial charge in [-0.25, -0.2) is 0 Å². The number of anilines is 4. The standard InChI is InChI=1S/C58H44N2/c1-2-15-40(16-3-1)51-35-44-20-6-7-21-45(44)36-52(51)58-50-31-29-47(59-32-12-22-41-17-8-10-24-55(41)59)37-53(50)57(46-27-26-39-14-4-5-19-43(39)34-46)49-30-28-48(38-54(49)58)60-33-13-23-42-18-9-11-25-56(42)60/h1-11,14-21,24-31,34-38H,12-13,22-23,32-33H2. The van der Waals surface area contributed by atoms with Gasteiger partial charge in [0.2, 0.25) is 0 Å².